The highest BCUT2D eigenvalue weighted by Crippen LogP contribution is 2.22. The van der Waals surface area contributed by atoms with E-state index >= 15 is 0 Å². The van der Waals surface area contributed by atoms with E-state index in [-0.39, 0.29) is 12.2 Å². The van der Waals surface area contributed by atoms with Crippen molar-refractivity contribution in [3.8, 4) is 17.9 Å². The Balaban J connectivity index is 2.29. The van der Waals surface area contributed by atoms with E-state index in [0.29, 0.717) is 17.0 Å². The van der Waals surface area contributed by atoms with Gasteiger partial charge in [-0.05, 0) is 43.2 Å². The molecule has 0 atom stereocenters. The fourth-order valence-corrected chi connectivity index (χ4v) is 2.21. The van der Waals surface area contributed by atoms with Crippen LogP contribution < -0.4 is 10.1 Å². The standard InChI is InChI=1S/C20H17N3O2/c1-14-7-8-15(2)18(11-14)23-20(24)17(13-22)12-16-5-3-4-6-19(16)25-10-9-21/h3-8,11-12H,10H2,1-2H3,(H,23,24)/b17-12+. The number of carbonyl (C=O) groups excluding carboxylic acids is 1. The summed E-state index contributed by atoms with van der Waals surface area (Å²) in [5.74, 6) is -0.0531. The normalized spacial score (nSPS) is 10.5. The monoisotopic (exact) mass is 331 g/mol. The van der Waals surface area contributed by atoms with Crippen molar-refractivity contribution in [1.82, 2.24) is 0 Å². The lowest BCUT2D eigenvalue weighted by Crippen LogP contribution is -2.14. The molecule has 2 aromatic rings. The van der Waals surface area contributed by atoms with Crippen molar-refractivity contribution < 1.29 is 9.53 Å². The van der Waals surface area contributed by atoms with E-state index in [4.69, 9.17) is 10.00 Å². The molecule has 0 aliphatic heterocycles. The van der Waals surface area contributed by atoms with Crippen LogP contribution in [0.2, 0.25) is 0 Å². The molecule has 2 aromatic carbocycles. The largest absolute Gasteiger partial charge is 0.478 e. The van der Waals surface area contributed by atoms with Crippen molar-refractivity contribution in [2.75, 3.05) is 11.9 Å². The third kappa shape index (κ3) is 4.70. The molecule has 0 unspecified atom stereocenters. The number of hydrogen-bond donors (Lipinski definition) is 1. The smallest absolute Gasteiger partial charge is 0.266 e. The van der Waals surface area contributed by atoms with E-state index in [9.17, 15) is 10.1 Å². The molecule has 0 radical (unpaired) electrons. The molecule has 0 fully saturated rings. The molecule has 124 valence electrons. The van der Waals surface area contributed by atoms with Crippen LogP contribution in [0.3, 0.4) is 0 Å². The molecular formula is C20H17N3O2. The number of hydrogen-bond acceptors (Lipinski definition) is 4. The number of aryl methyl sites for hydroxylation is 2. The fourth-order valence-electron chi connectivity index (χ4n) is 2.21. The average Bonchev–Trinajstić information content (AvgIpc) is 2.61. The van der Waals surface area contributed by atoms with Crippen LogP contribution in [0.4, 0.5) is 5.69 Å². The second kappa shape index (κ2) is 8.33. The summed E-state index contributed by atoms with van der Waals surface area (Å²) >= 11 is 0. The summed E-state index contributed by atoms with van der Waals surface area (Å²) in [6.45, 7) is 3.70. The van der Waals surface area contributed by atoms with Crippen LogP contribution in [0.25, 0.3) is 6.08 Å². The average molecular weight is 331 g/mol. The van der Waals surface area contributed by atoms with Crippen molar-refractivity contribution in [2.24, 2.45) is 0 Å². The second-order valence-corrected chi connectivity index (χ2v) is 5.43. The third-order valence-corrected chi connectivity index (χ3v) is 3.52. The van der Waals surface area contributed by atoms with Gasteiger partial charge < -0.3 is 10.1 Å². The summed E-state index contributed by atoms with van der Waals surface area (Å²) in [5, 5.41) is 20.8. The lowest BCUT2D eigenvalue weighted by molar-refractivity contribution is -0.112. The Morgan fingerprint density at radius 3 is 2.68 bits per heavy atom. The summed E-state index contributed by atoms with van der Waals surface area (Å²) in [6.07, 6.45) is 1.45. The van der Waals surface area contributed by atoms with Crippen molar-refractivity contribution in [1.29, 1.82) is 10.5 Å². The van der Waals surface area contributed by atoms with E-state index in [1.54, 1.807) is 24.3 Å². The minimum Gasteiger partial charge on any atom is -0.478 e. The number of nitrogens with one attached hydrogen (secondary N) is 1. The summed E-state index contributed by atoms with van der Waals surface area (Å²) in [6, 6.07) is 16.4. The van der Waals surface area contributed by atoms with Gasteiger partial charge in [-0.2, -0.15) is 10.5 Å². The summed E-state index contributed by atoms with van der Waals surface area (Å²) < 4.78 is 5.32. The van der Waals surface area contributed by atoms with Gasteiger partial charge in [0.25, 0.3) is 5.91 Å². The van der Waals surface area contributed by atoms with Crippen LogP contribution in [0.1, 0.15) is 16.7 Å². The summed E-state index contributed by atoms with van der Waals surface area (Å²) in [7, 11) is 0. The highest BCUT2D eigenvalue weighted by Gasteiger charge is 2.12. The van der Waals surface area contributed by atoms with Gasteiger partial charge in [0, 0.05) is 11.3 Å². The molecule has 5 heteroatoms. The molecule has 0 heterocycles. The first-order chi connectivity index (χ1) is 12.0. The first-order valence-corrected chi connectivity index (χ1v) is 7.64. The molecule has 0 bridgehead atoms. The van der Waals surface area contributed by atoms with Crippen LogP contribution in [0, 0.1) is 36.5 Å². The van der Waals surface area contributed by atoms with E-state index in [0.717, 1.165) is 11.1 Å². The van der Waals surface area contributed by atoms with Gasteiger partial charge in [0.1, 0.15) is 23.5 Å². The summed E-state index contributed by atoms with van der Waals surface area (Å²) in [4.78, 5) is 12.4. The zero-order valence-corrected chi connectivity index (χ0v) is 14.0. The van der Waals surface area contributed by atoms with Crippen LogP contribution in [0.15, 0.2) is 48.0 Å². The molecule has 1 amide bonds. The maximum atomic E-state index is 12.4. The molecule has 0 aromatic heterocycles. The Morgan fingerprint density at radius 1 is 1.20 bits per heavy atom. The van der Waals surface area contributed by atoms with Crippen LogP contribution in [-0.2, 0) is 4.79 Å². The molecule has 25 heavy (non-hydrogen) atoms. The van der Waals surface area contributed by atoms with Gasteiger partial charge in [-0.3, -0.25) is 4.79 Å². The molecule has 1 N–H and O–H groups in total. The van der Waals surface area contributed by atoms with Crippen molar-refractivity contribution in [3.05, 3.63) is 64.7 Å². The molecular weight excluding hydrogens is 314 g/mol. The molecule has 0 spiro atoms. The maximum absolute atomic E-state index is 12.4. The zero-order valence-electron chi connectivity index (χ0n) is 14.0. The topological polar surface area (TPSA) is 85.9 Å². The van der Waals surface area contributed by atoms with Gasteiger partial charge in [0.15, 0.2) is 6.61 Å². The van der Waals surface area contributed by atoms with Gasteiger partial charge in [0.2, 0.25) is 0 Å². The lowest BCUT2D eigenvalue weighted by atomic mass is 10.1. The highest BCUT2D eigenvalue weighted by atomic mass is 16.5. The first-order valence-electron chi connectivity index (χ1n) is 7.64. The van der Waals surface area contributed by atoms with E-state index < -0.39 is 5.91 Å². The second-order valence-electron chi connectivity index (χ2n) is 5.43. The number of carbonyl (C=O) groups is 1. The molecule has 0 aliphatic rings. The minimum absolute atomic E-state index is 0.0473. The number of benzene rings is 2. The van der Waals surface area contributed by atoms with Gasteiger partial charge in [0.05, 0.1) is 0 Å². The van der Waals surface area contributed by atoms with Crippen molar-refractivity contribution in [3.63, 3.8) is 0 Å². The van der Waals surface area contributed by atoms with Crippen LogP contribution in [0.5, 0.6) is 5.75 Å². The van der Waals surface area contributed by atoms with Gasteiger partial charge in [-0.25, -0.2) is 0 Å². The molecule has 0 aliphatic carbocycles. The predicted molar refractivity (Wildman–Crippen MR) is 95.7 cm³/mol. The number of nitrogens with zero attached hydrogens (tertiary/aromatic N) is 2. The first kappa shape index (κ1) is 17.8. The fraction of sp³-hybridized carbons (Fsp3) is 0.150. The molecule has 0 saturated carbocycles. The van der Waals surface area contributed by atoms with Gasteiger partial charge in [-0.1, -0.05) is 30.3 Å². The lowest BCUT2D eigenvalue weighted by Gasteiger charge is -2.09. The number of nitriles is 2. The SMILES string of the molecule is Cc1ccc(C)c(NC(=O)/C(C#N)=C/c2ccccc2OCC#N)c1. The van der Waals surface area contributed by atoms with Crippen LogP contribution >= 0.6 is 0 Å². The zero-order chi connectivity index (χ0) is 18.2. The van der Waals surface area contributed by atoms with E-state index in [2.05, 4.69) is 5.32 Å². The van der Waals surface area contributed by atoms with Gasteiger partial charge >= 0.3 is 0 Å². The minimum atomic E-state index is -0.494. The molecule has 5 nitrogen and oxygen atoms in total. The maximum Gasteiger partial charge on any atom is 0.266 e. The Labute approximate surface area is 146 Å². The Bertz CT molecular complexity index is 902. The Hall–Kier alpha value is -3.57. The third-order valence-electron chi connectivity index (χ3n) is 3.52. The number of anilines is 1. The van der Waals surface area contributed by atoms with Gasteiger partial charge in [-0.15, -0.1) is 0 Å². The summed E-state index contributed by atoms with van der Waals surface area (Å²) in [5.41, 5.74) is 3.10. The highest BCUT2D eigenvalue weighted by molar-refractivity contribution is 6.10. The Morgan fingerprint density at radius 2 is 1.96 bits per heavy atom. The van der Waals surface area contributed by atoms with Crippen molar-refractivity contribution >= 4 is 17.7 Å². The molecule has 0 saturated heterocycles. The number of para-hydroxylation sites is 1. The van der Waals surface area contributed by atoms with E-state index in [1.807, 2.05) is 44.2 Å². The number of amides is 1. The molecule has 2 rings (SSSR count). The number of rotatable bonds is 5. The quantitative estimate of drug-likeness (QED) is 0.668. The van der Waals surface area contributed by atoms with Crippen molar-refractivity contribution in [2.45, 2.75) is 13.8 Å². The number of ether oxygens (including phenoxy) is 1. The van der Waals surface area contributed by atoms with Crippen LogP contribution in [-0.4, -0.2) is 12.5 Å². The Kier molecular flexibility index (Phi) is 5.92. The predicted octanol–water partition coefficient (Wildman–Crippen LogP) is 3.75. The van der Waals surface area contributed by atoms with E-state index in [1.165, 1.54) is 6.08 Å².